The van der Waals surface area contributed by atoms with Crippen LogP contribution in [0.2, 0.25) is 0 Å². The number of anilines is 1. The lowest BCUT2D eigenvalue weighted by Crippen LogP contribution is -2.12. The Morgan fingerprint density at radius 1 is 1.29 bits per heavy atom. The second-order valence-corrected chi connectivity index (χ2v) is 2.54. The first-order chi connectivity index (χ1) is 6.38. The maximum atomic E-state index is 12.9. The van der Waals surface area contributed by atoms with Crippen LogP contribution < -0.4 is 10.5 Å². The molecule has 0 fully saturated rings. The molecule has 78 valence electrons. The molecular weight excluding hydrogens is 202 g/mol. The summed E-state index contributed by atoms with van der Waals surface area (Å²) in [4.78, 5) is 0. The van der Waals surface area contributed by atoms with E-state index in [1.807, 2.05) is 0 Å². The zero-order valence-electron chi connectivity index (χ0n) is 7.15. The van der Waals surface area contributed by atoms with Gasteiger partial charge >= 0.3 is 6.18 Å². The molecule has 0 aliphatic carbocycles. The Morgan fingerprint density at radius 3 is 2.21 bits per heavy atom. The number of ether oxygens (including phenoxy) is 1. The first kappa shape index (κ1) is 10.6. The van der Waals surface area contributed by atoms with E-state index >= 15 is 0 Å². The number of methoxy groups -OCH3 is 1. The van der Waals surface area contributed by atoms with E-state index in [0.29, 0.717) is 0 Å². The fraction of sp³-hybridized carbons (Fsp3) is 0.250. The van der Waals surface area contributed by atoms with Gasteiger partial charge in [-0.05, 0) is 12.1 Å². The van der Waals surface area contributed by atoms with E-state index in [2.05, 4.69) is 4.74 Å². The van der Waals surface area contributed by atoms with Gasteiger partial charge in [0.25, 0.3) is 0 Å². The van der Waals surface area contributed by atoms with Crippen LogP contribution in [0.4, 0.5) is 23.2 Å². The number of rotatable bonds is 1. The molecule has 0 heterocycles. The van der Waals surface area contributed by atoms with Crippen molar-refractivity contribution >= 4 is 5.69 Å². The fourth-order valence-corrected chi connectivity index (χ4v) is 1.06. The molecule has 1 rings (SSSR count). The highest BCUT2D eigenvalue weighted by Crippen LogP contribution is 2.41. The fourth-order valence-electron chi connectivity index (χ4n) is 1.06. The topological polar surface area (TPSA) is 35.2 Å². The van der Waals surface area contributed by atoms with Gasteiger partial charge in [-0.1, -0.05) is 0 Å². The molecule has 0 radical (unpaired) electrons. The molecule has 14 heavy (non-hydrogen) atoms. The average Bonchev–Trinajstić information content (AvgIpc) is 2.06. The van der Waals surface area contributed by atoms with Crippen LogP contribution in [0.3, 0.4) is 0 Å². The summed E-state index contributed by atoms with van der Waals surface area (Å²) in [6.07, 6.45) is -4.72. The number of halogens is 4. The summed E-state index contributed by atoms with van der Waals surface area (Å²) in [5.74, 6) is -1.97. The molecule has 1 aromatic rings. The van der Waals surface area contributed by atoms with E-state index in [-0.39, 0.29) is 0 Å². The lowest BCUT2D eigenvalue weighted by Gasteiger charge is -2.14. The zero-order valence-corrected chi connectivity index (χ0v) is 7.15. The van der Waals surface area contributed by atoms with Crippen LogP contribution in [0.15, 0.2) is 12.1 Å². The predicted molar refractivity (Wildman–Crippen MR) is 42.4 cm³/mol. The molecule has 2 N–H and O–H groups in total. The number of hydrogen-bond acceptors (Lipinski definition) is 2. The molecule has 0 bridgehead atoms. The van der Waals surface area contributed by atoms with Crippen LogP contribution in [-0.2, 0) is 6.18 Å². The smallest absolute Gasteiger partial charge is 0.422 e. The SMILES string of the molecule is COc1c(F)ccc(N)c1C(F)(F)F. The number of nitrogen functional groups attached to an aromatic ring is 1. The van der Waals surface area contributed by atoms with E-state index < -0.39 is 29.0 Å². The van der Waals surface area contributed by atoms with Crippen LogP contribution in [0, 0.1) is 5.82 Å². The van der Waals surface area contributed by atoms with Crippen molar-refractivity contribution in [3.63, 3.8) is 0 Å². The van der Waals surface area contributed by atoms with Crippen molar-refractivity contribution in [3.05, 3.63) is 23.5 Å². The minimum atomic E-state index is -4.72. The Morgan fingerprint density at radius 2 is 1.86 bits per heavy atom. The van der Waals surface area contributed by atoms with E-state index in [1.165, 1.54) is 0 Å². The van der Waals surface area contributed by atoms with Crippen LogP contribution in [0.1, 0.15) is 5.56 Å². The van der Waals surface area contributed by atoms with Gasteiger partial charge in [-0.15, -0.1) is 0 Å². The summed E-state index contributed by atoms with van der Waals surface area (Å²) in [6.45, 7) is 0. The van der Waals surface area contributed by atoms with Crippen LogP contribution >= 0.6 is 0 Å². The van der Waals surface area contributed by atoms with Gasteiger partial charge in [-0.3, -0.25) is 0 Å². The van der Waals surface area contributed by atoms with E-state index in [1.54, 1.807) is 0 Å². The molecule has 0 unspecified atom stereocenters. The van der Waals surface area contributed by atoms with Crippen molar-refractivity contribution in [1.82, 2.24) is 0 Å². The molecule has 2 nitrogen and oxygen atoms in total. The van der Waals surface area contributed by atoms with Gasteiger partial charge in [0.15, 0.2) is 11.6 Å². The van der Waals surface area contributed by atoms with Gasteiger partial charge in [0.1, 0.15) is 5.56 Å². The third kappa shape index (κ3) is 1.73. The Hall–Kier alpha value is -1.46. The summed E-state index contributed by atoms with van der Waals surface area (Å²) < 4.78 is 54.2. The normalized spacial score (nSPS) is 11.5. The molecule has 0 aliphatic heterocycles. The van der Waals surface area contributed by atoms with Crippen molar-refractivity contribution in [2.24, 2.45) is 0 Å². The van der Waals surface area contributed by atoms with Crippen molar-refractivity contribution in [2.45, 2.75) is 6.18 Å². The summed E-state index contributed by atoms with van der Waals surface area (Å²) in [6, 6.07) is 1.67. The third-order valence-corrected chi connectivity index (χ3v) is 1.63. The summed E-state index contributed by atoms with van der Waals surface area (Å²) >= 11 is 0. The lowest BCUT2D eigenvalue weighted by atomic mass is 10.1. The Labute approximate surface area is 77.3 Å². The minimum absolute atomic E-state index is 0.559. The first-order valence-electron chi connectivity index (χ1n) is 3.57. The highest BCUT2D eigenvalue weighted by Gasteiger charge is 2.38. The number of benzene rings is 1. The molecule has 0 spiro atoms. The summed E-state index contributed by atoms with van der Waals surface area (Å²) in [5, 5.41) is 0. The molecule has 1 aromatic carbocycles. The van der Waals surface area contributed by atoms with E-state index in [9.17, 15) is 17.6 Å². The second kappa shape index (κ2) is 3.36. The maximum absolute atomic E-state index is 12.9. The molecule has 0 saturated carbocycles. The standard InChI is InChI=1S/C8H7F4NO/c1-14-7-4(9)2-3-5(13)6(7)8(10,11)12/h2-3H,13H2,1H3. The van der Waals surface area contributed by atoms with Crippen LogP contribution in [-0.4, -0.2) is 7.11 Å². The zero-order chi connectivity index (χ0) is 10.9. The van der Waals surface area contributed by atoms with Crippen LogP contribution in [0.5, 0.6) is 5.75 Å². The quantitative estimate of drug-likeness (QED) is 0.569. The molecule has 6 heteroatoms. The number of nitrogens with two attached hydrogens (primary N) is 1. The Kier molecular flexibility index (Phi) is 2.55. The molecule has 0 aliphatic rings. The van der Waals surface area contributed by atoms with Crippen molar-refractivity contribution in [1.29, 1.82) is 0 Å². The summed E-state index contributed by atoms with van der Waals surface area (Å²) in [5.41, 5.74) is 3.25. The highest BCUT2D eigenvalue weighted by molar-refractivity contribution is 5.56. The molecule has 0 atom stereocenters. The second-order valence-electron chi connectivity index (χ2n) is 2.54. The van der Waals surface area contributed by atoms with Gasteiger partial charge in [-0.2, -0.15) is 13.2 Å². The van der Waals surface area contributed by atoms with Crippen LogP contribution in [0.25, 0.3) is 0 Å². The minimum Gasteiger partial charge on any atom is -0.493 e. The Bertz CT molecular complexity index is 348. The lowest BCUT2D eigenvalue weighted by molar-refractivity contribution is -0.138. The van der Waals surface area contributed by atoms with Gasteiger partial charge in [0, 0.05) is 5.69 Å². The van der Waals surface area contributed by atoms with Gasteiger partial charge < -0.3 is 10.5 Å². The predicted octanol–water partition coefficient (Wildman–Crippen LogP) is 2.44. The van der Waals surface area contributed by atoms with Crippen molar-refractivity contribution < 1.29 is 22.3 Å². The molecule has 0 amide bonds. The maximum Gasteiger partial charge on any atom is 0.422 e. The average molecular weight is 209 g/mol. The van der Waals surface area contributed by atoms with Gasteiger partial charge in [0.2, 0.25) is 0 Å². The van der Waals surface area contributed by atoms with Crippen molar-refractivity contribution in [3.8, 4) is 5.75 Å². The number of hydrogen-bond donors (Lipinski definition) is 1. The number of alkyl halides is 3. The molecular formula is C8H7F4NO. The van der Waals surface area contributed by atoms with Gasteiger partial charge in [0.05, 0.1) is 7.11 Å². The molecule has 0 saturated heterocycles. The highest BCUT2D eigenvalue weighted by atomic mass is 19.4. The van der Waals surface area contributed by atoms with E-state index in [0.717, 1.165) is 19.2 Å². The van der Waals surface area contributed by atoms with E-state index in [4.69, 9.17) is 5.73 Å². The van der Waals surface area contributed by atoms with Gasteiger partial charge in [-0.25, -0.2) is 4.39 Å². The monoisotopic (exact) mass is 209 g/mol. The first-order valence-corrected chi connectivity index (χ1v) is 3.57. The largest absolute Gasteiger partial charge is 0.493 e. The van der Waals surface area contributed by atoms with Crippen molar-refractivity contribution in [2.75, 3.05) is 12.8 Å². The Balaban J connectivity index is 3.46. The summed E-state index contributed by atoms with van der Waals surface area (Å²) in [7, 11) is 0.951. The third-order valence-electron chi connectivity index (χ3n) is 1.63. The molecule has 0 aromatic heterocycles.